The largest absolute Gasteiger partial charge is 0.524 e. The summed E-state index contributed by atoms with van der Waals surface area (Å²) in [4.78, 5) is 18.0. The molecule has 0 saturated heterocycles. The van der Waals surface area contributed by atoms with E-state index in [4.69, 9.17) is 14.7 Å². The molecule has 0 unspecified atom stereocenters. The van der Waals surface area contributed by atoms with Crippen molar-refractivity contribution in [1.29, 1.82) is 0 Å². The molecule has 4 nitrogen and oxygen atoms in total. The molecule has 0 aliphatic carbocycles. The van der Waals surface area contributed by atoms with Crippen LogP contribution in [0.25, 0.3) is 0 Å². The van der Waals surface area contributed by atoms with Crippen molar-refractivity contribution < 1.29 is 19.0 Å². The summed E-state index contributed by atoms with van der Waals surface area (Å²) in [5.74, 6) is 0. The quantitative estimate of drug-likeness (QED) is 0.603. The summed E-state index contributed by atoms with van der Waals surface area (Å²) in [6.07, 6.45) is -1.48. The van der Waals surface area contributed by atoms with Crippen LogP contribution in [-0.4, -0.2) is 16.0 Å². The Hall–Kier alpha value is -0.190. The van der Waals surface area contributed by atoms with Crippen molar-refractivity contribution in [3.05, 3.63) is 0 Å². The van der Waals surface area contributed by atoms with Crippen molar-refractivity contribution >= 4 is 45.9 Å². The van der Waals surface area contributed by atoms with Gasteiger partial charge in [0.1, 0.15) is 11.9 Å². The Kier molecular flexibility index (Phi) is 10.1. The fraction of sp³-hybridized carbons (Fsp3) is 0. The van der Waals surface area contributed by atoms with Gasteiger partial charge in [-0.25, -0.2) is 4.79 Å². The number of carbonyl (C=O) groups excluding carboxylic acids is 1. The SMILES string of the molecule is O=C(Cl)Cl.O=C(O)OCl. The lowest BCUT2D eigenvalue weighted by Gasteiger charge is -1.73. The first-order chi connectivity index (χ1) is 4.00. The number of hydrogen-bond acceptors (Lipinski definition) is 3. The highest BCUT2D eigenvalue weighted by Gasteiger charge is 1.84. The summed E-state index contributed by atoms with van der Waals surface area (Å²) in [7, 11) is 0. The molecule has 0 atom stereocenters. The highest BCUT2D eigenvalue weighted by atomic mass is 35.5. The maximum Gasteiger partial charge on any atom is 0.524 e. The van der Waals surface area contributed by atoms with E-state index in [1.165, 1.54) is 0 Å². The maximum absolute atomic E-state index is 9.01. The molecule has 9 heavy (non-hydrogen) atoms. The van der Waals surface area contributed by atoms with Crippen LogP contribution in [-0.2, 0) is 4.29 Å². The molecule has 0 saturated carbocycles. The van der Waals surface area contributed by atoms with Gasteiger partial charge in [0.2, 0.25) is 0 Å². The average molecular weight is 195 g/mol. The van der Waals surface area contributed by atoms with E-state index in [0.29, 0.717) is 0 Å². The van der Waals surface area contributed by atoms with Crippen molar-refractivity contribution in [2.45, 2.75) is 0 Å². The third kappa shape index (κ3) is 80.5. The van der Waals surface area contributed by atoms with Crippen LogP contribution in [0.5, 0.6) is 0 Å². The van der Waals surface area contributed by atoms with Gasteiger partial charge >= 0.3 is 10.9 Å². The zero-order chi connectivity index (χ0) is 7.86. The highest BCUT2D eigenvalue weighted by molar-refractivity contribution is 6.93. The molecule has 0 heterocycles. The molecule has 0 amide bonds. The van der Waals surface area contributed by atoms with Crippen molar-refractivity contribution in [3.8, 4) is 0 Å². The van der Waals surface area contributed by atoms with Gasteiger partial charge in [-0.15, -0.1) is 0 Å². The molecule has 0 rings (SSSR count). The van der Waals surface area contributed by atoms with Crippen molar-refractivity contribution in [2.24, 2.45) is 0 Å². The Morgan fingerprint density at radius 2 is 1.44 bits per heavy atom. The molecule has 1 N–H and O–H groups in total. The lowest BCUT2D eigenvalue weighted by atomic mass is 11.5. The van der Waals surface area contributed by atoms with Crippen LogP contribution in [0, 0.1) is 0 Å². The lowest BCUT2D eigenvalue weighted by molar-refractivity contribution is 0.149. The van der Waals surface area contributed by atoms with Crippen LogP contribution in [0.2, 0.25) is 0 Å². The zero-order valence-corrected chi connectivity index (χ0v) is 6.07. The van der Waals surface area contributed by atoms with Gasteiger partial charge in [-0.05, 0) is 23.2 Å². The van der Waals surface area contributed by atoms with E-state index in [1.54, 1.807) is 0 Å². The van der Waals surface area contributed by atoms with E-state index in [-0.39, 0.29) is 0 Å². The Morgan fingerprint density at radius 1 is 1.33 bits per heavy atom. The fourth-order valence-electron chi connectivity index (χ4n) is 0. The predicted molar refractivity (Wildman–Crippen MR) is 32.1 cm³/mol. The average Bonchev–Trinajstić information content (AvgIpc) is 1.65. The van der Waals surface area contributed by atoms with E-state index < -0.39 is 10.9 Å². The first kappa shape index (κ1) is 11.6. The van der Waals surface area contributed by atoms with E-state index in [9.17, 15) is 0 Å². The van der Waals surface area contributed by atoms with Gasteiger partial charge in [-0.3, -0.25) is 4.79 Å². The van der Waals surface area contributed by atoms with Crippen LogP contribution in [0.1, 0.15) is 0 Å². The number of carboxylic acid groups (broad SMARTS) is 1. The molecule has 7 heteroatoms. The molecule has 0 aliphatic heterocycles. The standard InChI is InChI=1S/CCl2O.CHClO3/c2-1(3)4;2-5-1(3)4/h;(H,3,4). The minimum atomic E-state index is -1.48. The van der Waals surface area contributed by atoms with Gasteiger partial charge in [0.15, 0.2) is 0 Å². The van der Waals surface area contributed by atoms with Crippen LogP contribution < -0.4 is 0 Å². The van der Waals surface area contributed by atoms with Crippen LogP contribution in [0.15, 0.2) is 0 Å². The summed E-state index contributed by atoms with van der Waals surface area (Å²) >= 11 is 13.0. The van der Waals surface area contributed by atoms with Crippen LogP contribution in [0.3, 0.4) is 0 Å². The van der Waals surface area contributed by atoms with Crippen molar-refractivity contribution in [3.63, 3.8) is 0 Å². The summed E-state index contributed by atoms with van der Waals surface area (Å²) in [5, 5.41) is 7.37. The predicted octanol–water partition coefficient (Wildman–Crippen LogP) is 2.42. The molecule has 0 aromatic rings. The number of rotatable bonds is 0. The van der Waals surface area contributed by atoms with Gasteiger partial charge in [-0.1, -0.05) is 0 Å². The molecule has 0 radical (unpaired) electrons. The Labute approximate surface area is 65.4 Å². The molecule has 0 fully saturated rings. The van der Waals surface area contributed by atoms with E-state index in [1.807, 2.05) is 0 Å². The summed E-state index contributed by atoms with van der Waals surface area (Å²) in [6.45, 7) is 0. The zero-order valence-electron chi connectivity index (χ0n) is 3.81. The van der Waals surface area contributed by atoms with Crippen LogP contribution in [0.4, 0.5) is 9.59 Å². The second-order valence-corrected chi connectivity index (χ2v) is 1.60. The van der Waals surface area contributed by atoms with Crippen molar-refractivity contribution in [1.82, 2.24) is 0 Å². The first-order valence-electron chi connectivity index (χ1n) is 1.37. The Morgan fingerprint density at radius 3 is 1.44 bits per heavy atom. The van der Waals surface area contributed by atoms with Gasteiger partial charge in [0.25, 0.3) is 0 Å². The second-order valence-electron chi connectivity index (χ2n) is 0.569. The topological polar surface area (TPSA) is 63.6 Å². The summed E-state index contributed by atoms with van der Waals surface area (Å²) < 4.78 is 2.25. The molecule has 0 aliphatic rings. The Bertz CT molecular complexity index is 98.0. The van der Waals surface area contributed by atoms with Crippen molar-refractivity contribution in [2.75, 3.05) is 0 Å². The van der Waals surface area contributed by atoms with E-state index in [2.05, 4.69) is 39.4 Å². The molecule has 0 spiro atoms. The monoisotopic (exact) mass is 194 g/mol. The number of hydrogen-bond donors (Lipinski definition) is 1. The van der Waals surface area contributed by atoms with E-state index >= 15 is 0 Å². The normalized spacial score (nSPS) is 6.56. The third-order valence-corrected chi connectivity index (χ3v) is 0.198. The van der Waals surface area contributed by atoms with Crippen LogP contribution >= 0.6 is 35.1 Å². The molecular weight excluding hydrogens is 194 g/mol. The second kappa shape index (κ2) is 7.81. The maximum atomic E-state index is 9.01. The molecule has 54 valence electrons. The summed E-state index contributed by atoms with van der Waals surface area (Å²) in [6, 6.07) is 0. The number of carbonyl (C=O) groups is 2. The smallest absolute Gasteiger partial charge is 0.449 e. The first-order valence-corrected chi connectivity index (χ1v) is 2.43. The van der Waals surface area contributed by atoms with E-state index in [0.717, 1.165) is 0 Å². The summed E-state index contributed by atoms with van der Waals surface area (Å²) in [5.41, 5.74) is 0. The molecule has 0 bridgehead atoms. The minimum absolute atomic E-state index is 0.889. The fourth-order valence-corrected chi connectivity index (χ4v) is 0. The number of halogens is 3. The molecular formula is C2HCl3O4. The molecule has 0 aromatic heterocycles. The van der Waals surface area contributed by atoms with Gasteiger partial charge in [-0.2, -0.15) is 0 Å². The highest BCUT2D eigenvalue weighted by Crippen LogP contribution is 1.84. The van der Waals surface area contributed by atoms with Gasteiger partial charge in [0, 0.05) is 0 Å². The Balaban J connectivity index is 0. The van der Waals surface area contributed by atoms with Gasteiger partial charge in [0.05, 0.1) is 0 Å². The third-order valence-electron chi connectivity index (χ3n) is 0.0660. The molecule has 0 aromatic carbocycles. The van der Waals surface area contributed by atoms with Gasteiger partial charge < -0.3 is 9.40 Å². The minimum Gasteiger partial charge on any atom is -0.449 e. The lowest BCUT2D eigenvalue weighted by Crippen LogP contribution is -1.85.